The first-order valence-electron chi connectivity index (χ1n) is 9.97. The summed E-state index contributed by atoms with van der Waals surface area (Å²) in [5, 5.41) is 11.6. The van der Waals surface area contributed by atoms with Gasteiger partial charge in [0.25, 0.3) is 0 Å². The molecular formula is C23H24N4OS2. The van der Waals surface area contributed by atoms with Crippen LogP contribution in [0.4, 0.5) is 0 Å². The summed E-state index contributed by atoms with van der Waals surface area (Å²) in [5.41, 5.74) is 3.97. The SMILES string of the molecule is CCCn1c(C)cc(C(=O)CSc2nnc(-c3cccs3)n2-c2ccccc2)c1C. The van der Waals surface area contributed by atoms with Gasteiger partial charge < -0.3 is 4.57 Å². The molecule has 0 saturated carbocycles. The van der Waals surface area contributed by atoms with Crippen molar-refractivity contribution in [2.24, 2.45) is 0 Å². The predicted molar refractivity (Wildman–Crippen MR) is 124 cm³/mol. The Bertz CT molecular complexity index is 1140. The molecule has 5 nitrogen and oxygen atoms in total. The highest BCUT2D eigenvalue weighted by Crippen LogP contribution is 2.31. The number of benzene rings is 1. The lowest BCUT2D eigenvalue weighted by molar-refractivity contribution is 0.102. The minimum Gasteiger partial charge on any atom is -0.348 e. The molecule has 3 aromatic heterocycles. The maximum Gasteiger partial charge on any atom is 0.196 e. The van der Waals surface area contributed by atoms with Crippen molar-refractivity contribution >= 4 is 28.9 Å². The maximum absolute atomic E-state index is 13.0. The predicted octanol–water partition coefficient (Wildman–Crippen LogP) is 5.80. The lowest BCUT2D eigenvalue weighted by Crippen LogP contribution is -2.07. The molecule has 0 N–H and O–H groups in total. The van der Waals surface area contributed by atoms with Crippen LogP contribution < -0.4 is 0 Å². The van der Waals surface area contributed by atoms with E-state index in [0.29, 0.717) is 5.75 Å². The minimum atomic E-state index is 0.121. The van der Waals surface area contributed by atoms with E-state index in [0.717, 1.165) is 51.5 Å². The Labute approximate surface area is 184 Å². The molecular weight excluding hydrogens is 412 g/mol. The Kier molecular flexibility index (Phi) is 6.20. The Morgan fingerprint density at radius 1 is 1.10 bits per heavy atom. The number of rotatable bonds is 8. The number of ketones is 1. The number of carbonyl (C=O) groups excluding carboxylic acids is 1. The van der Waals surface area contributed by atoms with Crippen molar-refractivity contribution in [1.82, 2.24) is 19.3 Å². The number of aromatic nitrogens is 4. The van der Waals surface area contributed by atoms with Gasteiger partial charge in [-0.25, -0.2) is 0 Å². The van der Waals surface area contributed by atoms with Crippen LogP contribution in [0.5, 0.6) is 0 Å². The highest BCUT2D eigenvalue weighted by atomic mass is 32.2. The number of thiophene rings is 1. The second kappa shape index (κ2) is 9.02. The molecule has 1 aromatic carbocycles. The van der Waals surface area contributed by atoms with Gasteiger partial charge in [0.15, 0.2) is 16.8 Å². The van der Waals surface area contributed by atoms with Gasteiger partial charge in [-0.1, -0.05) is 43.0 Å². The van der Waals surface area contributed by atoms with E-state index in [4.69, 9.17) is 0 Å². The first-order chi connectivity index (χ1) is 14.6. The van der Waals surface area contributed by atoms with Crippen LogP contribution in [0, 0.1) is 13.8 Å². The van der Waals surface area contributed by atoms with Gasteiger partial charge in [0.1, 0.15) is 0 Å². The van der Waals surface area contributed by atoms with Crippen molar-refractivity contribution in [3.05, 3.63) is 70.9 Å². The summed E-state index contributed by atoms with van der Waals surface area (Å²) in [6.45, 7) is 7.18. The first-order valence-corrected chi connectivity index (χ1v) is 11.8. The molecule has 0 fully saturated rings. The molecule has 154 valence electrons. The minimum absolute atomic E-state index is 0.121. The summed E-state index contributed by atoms with van der Waals surface area (Å²) in [5.74, 6) is 1.24. The number of thioether (sulfide) groups is 1. The molecule has 0 bridgehead atoms. The van der Waals surface area contributed by atoms with Gasteiger partial charge in [-0.3, -0.25) is 9.36 Å². The van der Waals surface area contributed by atoms with Crippen LogP contribution in [0.15, 0.2) is 59.1 Å². The molecule has 7 heteroatoms. The Hall–Kier alpha value is -2.64. The number of aryl methyl sites for hydroxylation is 1. The molecule has 30 heavy (non-hydrogen) atoms. The Balaban J connectivity index is 1.62. The van der Waals surface area contributed by atoms with E-state index in [1.807, 2.05) is 65.4 Å². The van der Waals surface area contributed by atoms with Gasteiger partial charge in [0.2, 0.25) is 0 Å². The molecule has 0 spiro atoms. The highest BCUT2D eigenvalue weighted by molar-refractivity contribution is 7.99. The van der Waals surface area contributed by atoms with Crippen molar-refractivity contribution in [3.63, 3.8) is 0 Å². The zero-order chi connectivity index (χ0) is 21.1. The van der Waals surface area contributed by atoms with E-state index < -0.39 is 0 Å². The fourth-order valence-electron chi connectivity index (χ4n) is 3.60. The second-order valence-electron chi connectivity index (χ2n) is 7.10. The summed E-state index contributed by atoms with van der Waals surface area (Å²) in [6, 6.07) is 16.1. The molecule has 0 aliphatic rings. The van der Waals surface area contributed by atoms with Crippen LogP contribution >= 0.6 is 23.1 Å². The normalized spacial score (nSPS) is 11.2. The Morgan fingerprint density at radius 2 is 1.90 bits per heavy atom. The van der Waals surface area contributed by atoms with Crippen molar-refractivity contribution < 1.29 is 4.79 Å². The van der Waals surface area contributed by atoms with Crippen molar-refractivity contribution in [2.45, 2.75) is 38.9 Å². The average molecular weight is 437 g/mol. The number of hydrogen-bond donors (Lipinski definition) is 0. The standard InChI is InChI=1S/C23H24N4OS2/c1-4-12-26-16(2)14-19(17(26)3)20(28)15-30-23-25-24-22(21-11-8-13-29-21)27(23)18-9-6-5-7-10-18/h5-11,13-14H,4,12,15H2,1-3H3. The first kappa shape index (κ1) is 20.6. The van der Waals surface area contributed by atoms with Gasteiger partial charge in [-0.05, 0) is 49.9 Å². The lowest BCUT2D eigenvalue weighted by Gasteiger charge is -2.09. The molecule has 0 unspecified atom stereocenters. The lowest BCUT2D eigenvalue weighted by atomic mass is 10.2. The number of para-hydroxylation sites is 1. The largest absolute Gasteiger partial charge is 0.348 e. The molecule has 0 amide bonds. The van der Waals surface area contributed by atoms with Crippen molar-refractivity contribution in [3.8, 4) is 16.4 Å². The summed E-state index contributed by atoms with van der Waals surface area (Å²) >= 11 is 3.06. The van der Waals surface area contributed by atoms with Crippen molar-refractivity contribution in [2.75, 3.05) is 5.75 Å². The molecule has 0 saturated heterocycles. The van der Waals surface area contributed by atoms with Crippen molar-refractivity contribution in [1.29, 1.82) is 0 Å². The number of nitrogens with zero attached hydrogens (tertiary/aromatic N) is 4. The second-order valence-corrected chi connectivity index (χ2v) is 8.99. The monoisotopic (exact) mass is 436 g/mol. The van der Waals surface area contributed by atoms with E-state index in [-0.39, 0.29) is 5.78 Å². The van der Waals surface area contributed by atoms with Gasteiger partial charge >= 0.3 is 0 Å². The summed E-state index contributed by atoms with van der Waals surface area (Å²) in [6.07, 6.45) is 1.05. The van der Waals surface area contributed by atoms with Gasteiger partial charge in [-0.15, -0.1) is 21.5 Å². The van der Waals surface area contributed by atoms with Crippen LogP contribution in [0.3, 0.4) is 0 Å². The number of Topliss-reactive ketones (excluding diaryl/α,β-unsaturated/α-hetero) is 1. The van der Waals surface area contributed by atoms with E-state index in [2.05, 4.69) is 28.6 Å². The molecule has 4 rings (SSSR count). The van der Waals surface area contributed by atoms with E-state index >= 15 is 0 Å². The average Bonchev–Trinajstić information content (AvgIpc) is 3.48. The smallest absolute Gasteiger partial charge is 0.196 e. The van der Waals surface area contributed by atoms with Gasteiger partial charge in [0.05, 0.1) is 10.6 Å². The van der Waals surface area contributed by atoms with Gasteiger partial charge in [0, 0.05) is 29.2 Å². The van der Waals surface area contributed by atoms with Crippen LogP contribution in [0.2, 0.25) is 0 Å². The summed E-state index contributed by atoms with van der Waals surface area (Å²) in [7, 11) is 0. The zero-order valence-electron chi connectivity index (χ0n) is 17.3. The molecule has 0 radical (unpaired) electrons. The summed E-state index contributed by atoms with van der Waals surface area (Å²) < 4.78 is 4.25. The van der Waals surface area contributed by atoms with E-state index in [9.17, 15) is 4.79 Å². The fourth-order valence-corrected chi connectivity index (χ4v) is 5.13. The van der Waals surface area contributed by atoms with Crippen LogP contribution in [-0.4, -0.2) is 30.9 Å². The van der Waals surface area contributed by atoms with Crippen LogP contribution in [0.1, 0.15) is 35.1 Å². The van der Waals surface area contributed by atoms with E-state index in [1.165, 1.54) is 11.8 Å². The third-order valence-corrected chi connectivity index (χ3v) is 6.84. The molecule has 0 aliphatic carbocycles. The third kappa shape index (κ3) is 4.00. The highest BCUT2D eigenvalue weighted by Gasteiger charge is 2.20. The molecule has 3 heterocycles. The third-order valence-electron chi connectivity index (χ3n) is 5.04. The fraction of sp³-hybridized carbons (Fsp3) is 0.261. The van der Waals surface area contributed by atoms with E-state index in [1.54, 1.807) is 11.3 Å². The number of hydrogen-bond acceptors (Lipinski definition) is 5. The molecule has 0 atom stereocenters. The zero-order valence-corrected chi connectivity index (χ0v) is 19.0. The maximum atomic E-state index is 13.0. The quantitative estimate of drug-likeness (QED) is 0.259. The molecule has 0 aliphatic heterocycles. The van der Waals surface area contributed by atoms with Crippen LogP contribution in [0.25, 0.3) is 16.4 Å². The Morgan fingerprint density at radius 3 is 2.60 bits per heavy atom. The number of carbonyl (C=O) groups is 1. The van der Waals surface area contributed by atoms with Gasteiger partial charge in [-0.2, -0.15) is 0 Å². The molecule has 4 aromatic rings. The summed E-state index contributed by atoms with van der Waals surface area (Å²) in [4.78, 5) is 14.1. The topological polar surface area (TPSA) is 52.7 Å². The van der Waals surface area contributed by atoms with Crippen LogP contribution in [-0.2, 0) is 6.54 Å².